The molecule has 2 amide bonds. The lowest BCUT2D eigenvalue weighted by atomic mass is 10.2. The largest absolute Gasteiger partial charge is 0.486 e. The lowest BCUT2D eigenvalue weighted by Crippen LogP contribution is -2.24. The number of hydrogen-bond acceptors (Lipinski definition) is 6. The molecule has 8 heteroatoms. The molecular formula is C25H17N3O4S. The molecule has 2 heterocycles. The number of amides is 2. The van der Waals surface area contributed by atoms with Crippen LogP contribution in [0.2, 0.25) is 0 Å². The standard InChI is InChI=1S/C25H17N3O4S/c29-23-21(33-25(31)27-23)14-16-10-12-18(13-11-16)32-15-22-26-20-9-5-4-8-19(20)24(30)28(22)17-6-2-1-3-7-17/h1-14H,15H2,(H,27,29,31)/b21-14+. The van der Waals surface area contributed by atoms with Crippen LogP contribution in [0.15, 0.2) is 88.6 Å². The molecule has 0 saturated carbocycles. The number of hydrogen-bond donors (Lipinski definition) is 1. The maximum atomic E-state index is 13.2. The zero-order chi connectivity index (χ0) is 22.8. The third-order valence-electron chi connectivity index (χ3n) is 5.05. The molecule has 0 aliphatic carbocycles. The number of nitrogens with one attached hydrogen (secondary N) is 1. The van der Waals surface area contributed by atoms with E-state index in [4.69, 9.17) is 4.74 Å². The summed E-state index contributed by atoms with van der Waals surface area (Å²) >= 11 is 0.872. The maximum absolute atomic E-state index is 13.2. The molecule has 7 nitrogen and oxygen atoms in total. The quantitative estimate of drug-likeness (QED) is 0.452. The fourth-order valence-corrected chi connectivity index (χ4v) is 4.18. The van der Waals surface area contributed by atoms with E-state index in [2.05, 4.69) is 10.3 Å². The number of fused-ring (bicyclic) bond motifs is 1. The monoisotopic (exact) mass is 455 g/mol. The summed E-state index contributed by atoms with van der Waals surface area (Å²) in [5.74, 6) is 0.666. The Kier molecular flexibility index (Phi) is 5.50. The smallest absolute Gasteiger partial charge is 0.290 e. The van der Waals surface area contributed by atoms with Crippen LogP contribution >= 0.6 is 11.8 Å². The van der Waals surface area contributed by atoms with E-state index in [9.17, 15) is 14.4 Å². The topological polar surface area (TPSA) is 90.3 Å². The van der Waals surface area contributed by atoms with Gasteiger partial charge in [-0.15, -0.1) is 0 Å². The average Bonchev–Trinajstić information content (AvgIpc) is 3.15. The van der Waals surface area contributed by atoms with Gasteiger partial charge in [-0.3, -0.25) is 24.3 Å². The molecule has 1 saturated heterocycles. The van der Waals surface area contributed by atoms with Crippen molar-refractivity contribution in [1.82, 2.24) is 14.9 Å². The number of benzene rings is 3. The summed E-state index contributed by atoms with van der Waals surface area (Å²) in [5.41, 5.74) is 1.93. The summed E-state index contributed by atoms with van der Waals surface area (Å²) in [6.45, 7) is 0.0855. The van der Waals surface area contributed by atoms with Gasteiger partial charge < -0.3 is 4.74 Å². The van der Waals surface area contributed by atoms with E-state index in [0.29, 0.717) is 33.1 Å². The molecule has 0 atom stereocenters. The summed E-state index contributed by atoms with van der Waals surface area (Å²) in [7, 11) is 0. The van der Waals surface area contributed by atoms with Crippen LogP contribution in [0.4, 0.5) is 4.79 Å². The second-order valence-corrected chi connectivity index (χ2v) is 8.25. The third kappa shape index (κ3) is 4.28. The molecule has 1 aromatic heterocycles. The van der Waals surface area contributed by atoms with Crippen LogP contribution in [0.1, 0.15) is 11.4 Å². The van der Waals surface area contributed by atoms with Crippen molar-refractivity contribution in [3.8, 4) is 11.4 Å². The molecule has 0 spiro atoms. The molecule has 1 N–H and O–H groups in total. The van der Waals surface area contributed by atoms with Gasteiger partial charge in [0.25, 0.3) is 16.7 Å². The summed E-state index contributed by atoms with van der Waals surface area (Å²) in [6.07, 6.45) is 1.65. The molecule has 4 aromatic rings. The van der Waals surface area contributed by atoms with Gasteiger partial charge in [-0.05, 0) is 59.8 Å². The average molecular weight is 455 g/mol. The van der Waals surface area contributed by atoms with Gasteiger partial charge >= 0.3 is 0 Å². The van der Waals surface area contributed by atoms with E-state index in [0.717, 1.165) is 17.3 Å². The minimum Gasteiger partial charge on any atom is -0.486 e. The van der Waals surface area contributed by atoms with Crippen molar-refractivity contribution in [3.05, 3.63) is 106 Å². The summed E-state index contributed by atoms with van der Waals surface area (Å²) in [4.78, 5) is 41.3. The summed E-state index contributed by atoms with van der Waals surface area (Å²) in [5, 5.41) is 2.39. The zero-order valence-electron chi connectivity index (χ0n) is 17.2. The lowest BCUT2D eigenvalue weighted by molar-refractivity contribution is -0.115. The van der Waals surface area contributed by atoms with E-state index < -0.39 is 5.91 Å². The number of thioether (sulfide) groups is 1. The van der Waals surface area contributed by atoms with E-state index in [1.54, 1.807) is 47.0 Å². The molecule has 33 heavy (non-hydrogen) atoms. The SMILES string of the molecule is O=C1NC(=O)/C(=C\c2ccc(OCc3nc4ccccc4c(=O)n3-c3ccccc3)cc2)S1. The fraction of sp³-hybridized carbons (Fsp3) is 0.0400. The molecular weight excluding hydrogens is 438 g/mol. The van der Waals surface area contributed by atoms with Gasteiger partial charge in [0.1, 0.15) is 12.4 Å². The molecule has 162 valence electrons. The first-order valence-corrected chi connectivity index (χ1v) is 10.9. The number of rotatable bonds is 5. The molecule has 3 aromatic carbocycles. The Hall–Kier alpha value is -4.17. The van der Waals surface area contributed by atoms with Crippen molar-refractivity contribution >= 4 is 39.9 Å². The minimum absolute atomic E-state index is 0.0855. The molecule has 0 bridgehead atoms. The van der Waals surface area contributed by atoms with Gasteiger partial charge in [-0.1, -0.05) is 42.5 Å². The Morgan fingerprint density at radius 1 is 0.909 bits per heavy atom. The van der Waals surface area contributed by atoms with Crippen LogP contribution in [0.3, 0.4) is 0 Å². The maximum Gasteiger partial charge on any atom is 0.290 e. The molecule has 1 fully saturated rings. The van der Waals surface area contributed by atoms with Crippen molar-refractivity contribution < 1.29 is 14.3 Å². The van der Waals surface area contributed by atoms with Crippen molar-refractivity contribution in [3.63, 3.8) is 0 Å². The predicted molar refractivity (Wildman–Crippen MR) is 127 cm³/mol. The zero-order valence-corrected chi connectivity index (χ0v) is 18.0. The lowest BCUT2D eigenvalue weighted by Gasteiger charge is -2.14. The highest BCUT2D eigenvalue weighted by Crippen LogP contribution is 2.26. The van der Waals surface area contributed by atoms with E-state index in [1.807, 2.05) is 42.5 Å². The number of carbonyl (C=O) groups excluding carboxylic acids is 2. The number of ether oxygens (including phenoxy) is 1. The Morgan fingerprint density at radius 3 is 2.36 bits per heavy atom. The van der Waals surface area contributed by atoms with Crippen LogP contribution in [0.25, 0.3) is 22.7 Å². The Balaban J connectivity index is 1.43. The van der Waals surface area contributed by atoms with Gasteiger partial charge in [0, 0.05) is 0 Å². The molecule has 5 rings (SSSR count). The number of nitrogens with zero attached hydrogens (tertiary/aromatic N) is 2. The van der Waals surface area contributed by atoms with Crippen LogP contribution in [0, 0.1) is 0 Å². The second kappa shape index (κ2) is 8.76. The Bertz CT molecular complexity index is 1460. The number of aromatic nitrogens is 2. The third-order valence-corrected chi connectivity index (χ3v) is 5.86. The second-order valence-electron chi connectivity index (χ2n) is 7.23. The molecule has 0 radical (unpaired) electrons. The summed E-state index contributed by atoms with van der Waals surface area (Å²) < 4.78 is 7.50. The highest BCUT2D eigenvalue weighted by atomic mass is 32.2. The predicted octanol–water partition coefficient (Wildman–Crippen LogP) is 4.29. The van der Waals surface area contributed by atoms with Crippen LogP contribution in [-0.2, 0) is 11.4 Å². The van der Waals surface area contributed by atoms with Crippen molar-refractivity contribution in [2.45, 2.75) is 6.61 Å². The number of carbonyl (C=O) groups is 2. The normalized spacial score (nSPS) is 14.6. The van der Waals surface area contributed by atoms with Crippen LogP contribution in [0.5, 0.6) is 5.75 Å². The number of imide groups is 1. The fourth-order valence-electron chi connectivity index (χ4n) is 3.50. The first-order chi connectivity index (χ1) is 16.1. The molecule has 1 aliphatic heterocycles. The van der Waals surface area contributed by atoms with Crippen LogP contribution < -0.4 is 15.6 Å². The van der Waals surface area contributed by atoms with Crippen LogP contribution in [-0.4, -0.2) is 20.7 Å². The highest BCUT2D eigenvalue weighted by Gasteiger charge is 2.24. The summed E-state index contributed by atoms with van der Waals surface area (Å²) in [6, 6.07) is 23.7. The van der Waals surface area contributed by atoms with E-state index in [1.165, 1.54) is 0 Å². The minimum atomic E-state index is -0.397. The van der Waals surface area contributed by atoms with Crippen molar-refractivity contribution in [2.75, 3.05) is 0 Å². The van der Waals surface area contributed by atoms with E-state index >= 15 is 0 Å². The van der Waals surface area contributed by atoms with Crippen molar-refractivity contribution in [2.24, 2.45) is 0 Å². The molecule has 0 unspecified atom stereocenters. The first kappa shape index (κ1) is 20.7. The highest BCUT2D eigenvalue weighted by molar-refractivity contribution is 8.18. The Labute approximate surface area is 192 Å². The Morgan fingerprint density at radius 2 is 1.64 bits per heavy atom. The van der Waals surface area contributed by atoms with E-state index in [-0.39, 0.29) is 17.4 Å². The molecule has 1 aliphatic rings. The first-order valence-electron chi connectivity index (χ1n) is 10.1. The van der Waals surface area contributed by atoms with Gasteiger partial charge in [0.05, 0.1) is 21.5 Å². The van der Waals surface area contributed by atoms with Gasteiger partial charge in [0.15, 0.2) is 5.82 Å². The van der Waals surface area contributed by atoms with Gasteiger partial charge in [-0.25, -0.2) is 4.98 Å². The van der Waals surface area contributed by atoms with Gasteiger partial charge in [-0.2, -0.15) is 0 Å². The van der Waals surface area contributed by atoms with Crippen molar-refractivity contribution in [1.29, 1.82) is 0 Å². The van der Waals surface area contributed by atoms with Gasteiger partial charge in [0.2, 0.25) is 0 Å². The number of para-hydroxylation sites is 2.